The van der Waals surface area contributed by atoms with Gasteiger partial charge in [-0.2, -0.15) is 0 Å². The molecule has 3 nitrogen and oxygen atoms in total. The zero-order valence-corrected chi connectivity index (χ0v) is 11.6. The molecule has 1 aromatic rings. The Hall–Kier alpha value is -1.07. The molecule has 1 aromatic carbocycles. The molecule has 19 heavy (non-hydrogen) atoms. The highest BCUT2D eigenvalue weighted by atomic mass is 32.2. The Morgan fingerprint density at radius 2 is 2.11 bits per heavy atom. The van der Waals surface area contributed by atoms with Gasteiger partial charge in [-0.15, -0.1) is 11.8 Å². The molecule has 1 amide bonds. The van der Waals surface area contributed by atoms with E-state index < -0.39 is 5.54 Å². The third-order valence-electron chi connectivity index (χ3n) is 3.88. The number of nitrogens with two attached hydrogens (primary N) is 2. The summed E-state index contributed by atoms with van der Waals surface area (Å²) < 4.78 is 12.8. The van der Waals surface area contributed by atoms with Crippen molar-refractivity contribution in [1.82, 2.24) is 0 Å². The van der Waals surface area contributed by atoms with Crippen LogP contribution in [0.4, 0.5) is 4.39 Å². The lowest BCUT2D eigenvalue weighted by Gasteiger charge is -2.27. The smallest absolute Gasteiger partial charge is 0.237 e. The Morgan fingerprint density at radius 1 is 1.42 bits per heavy atom. The molecule has 1 fully saturated rings. The molecule has 1 aliphatic carbocycles. The van der Waals surface area contributed by atoms with Crippen LogP contribution < -0.4 is 11.5 Å². The summed E-state index contributed by atoms with van der Waals surface area (Å²) in [5.74, 6) is 0.414. The molecule has 0 aromatic heterocycles. The van der Waals surface area contributed by atoms with Crippen molar-refractivity contribution in [3.8, 4) is 0 Å². The third-order valence-corrected chi connectivity index (χ3v) is 4.92. The summed E-state index contributed by atoms with van der Waals surface area (Å²) in [7, 11) is 0. The molecule has 0 saturated heterocycles. The maximum Gasteiger partial charge on any atom is 0.237 e. The number of thioether (sulfide) groups is 1. The largest absolute Gasteiger partial charge is 0.368 e. The molecule has 5 heteroatoms. The maximum atomic E-state index is 12.8. The summed E-state index contributed by atoms with van der Waals surface area (Å²) in [6.07, 6.45) is 3.48. The molecular weight excluding hydrogens is 263 g/mol. The zero-order valence-electron chi connectivity index (χ0n) is 10.8. The number of halogens is 1. The molecular formula is C14H19FN2OS. The van der Waals surface area contributed by atoms with E-state index in [0.29, 0.717) is 6.42 Å². The minimum atomic E-state index is -0.830. The van der Waals surface area contributed by atoms with E-state index in [0.717, 1.165) is 29.9 Å². The van der Waals surface area contributed by atoms with E-state index >= 15 is 0 Å². The lowest BCUT2D eigenvalue weighted by atomic mass is 9.85. The van der Waals surface area contributed by atoms with Crippen molar-refractivity contribution in [3.05, 3.63) is 30.1 Å². The fraction of sp³-hybridized carbons (Fsp3) is 0.500. The fourth-order valence-electron chi connectivity index (χ4n) is 2.68. The lowest BCUT2D eigenvalue weighted by molar-refractivity contribution is -0.124. The Morgan fingerprint density at radius 3 is 2.74 bits per heavy atom. The van der Waals surface area contributed by atoms with Gasteiger partial charge in [-0.3, -0.25) is 4.79 Å². The second-order valence-electron chi connectivity index (χ2n) is 5.08. The van der Waals surface area contributed by atoms with E-state index in [-0.39, 0.29) is 17.6 Å². The van der Waals surface area contributed by atoms with Crippen LogP contribution in [0, 0.1) is 11.7 Å². The molecule has 0 bridgehead atoms. The zero-order chi connectivity index (χ0) is 13.9. The normalized spacial score (nSPS) is 26.5. The maximum absolute atomic E-state index is 12.8. The van der Waals surface area contributed by atoms with Gasteiger partial charge in [-0.05, 0) is 55.2 Å². The van der Waals surface area contributed by atoms with Crippen LogP contribution in [0.3, 0.4) is 0 Å². The molecule has 4 N–H and O–H groups in total. The number of hydrogen-bond donors (Lipinski definition) is 2. The van der Waals surface area contributed by atoms with Crippen molar-refractivity contribution in [3.63, 3.8) is 0 Å². The van der Waals surface area contributed by atoms with Crippen LogP contribution >= 0.6 is 11.8 Å². The minimum absolute atomic E-state index is 0.165. The van der Waals surface area contributed by atoms with Crippen molar-refractivity contribution in [2.75, 3.05) is 5.75 Å². The van der Waals surface area contributed by atoms with Gasteiger partial charge in [0.2, 0.25) is 5.91 Å². The van der Waals surface area contributed by atoms with Gasteiger partial charge in [-0.1, -0.05) is 6.42 Å². The van der Waals surface area contributed by atoms with Gasteiger partial charge in [-0.25, -0.2) is 4.39 Å². The van der Waals surface area contributed by atoms with E-state index in [9.17, 15) is 9.18 Å². The molecule has 0 spiro atoms. The van der Waals surface area contributed by atoms with Gasteiger partial charge in [0.15, 0.2) is 0 Å². The first-order valence-corrected chi connectivity index (χ1v) is 7.48. The number of carbonyl (C=O) groups is 1. The average molecular weight is 282 g/mol. The summed E-state index contributed by atoms with van der Waals surface area (Å²) in [5.41, 5.74) is 10.7. The Kier molecular flexibility index (Phi) is 4.47. The van der Waals surface area contributed by atoms with E-state index in [2.05, 4.69) is 0 Å². The summed E-state index contributed by atoms with van der Waals surface area (Å²) in [4.78, 5) is 12.5. The van der Waals surface area contributed by atoms with E-state index in [1.54, 1.807) is 23.9 Å². The van der Waals surface area contributed by atoms with Gasteiger partial charge >= 0.3 is 0 Å². The molecule has 2 atom stereocenters. The van der Waals surface area contributed by atoms with Gasteiger partial charge in [0.25, 0.3) is 0 Å². The molecule has 1 saturated carbocycles. The standard InChI is InChI=1S/C14H19FN2OS/c15-11-3-5-12(6-4-11)19-9-7-10-2-1-8-14(10,17)13(16)18/h3-6,10H,1-2,7-9,17H2,(H2,16,18). The van der Waals surface area contributed by atoms with E-state index in [1.165, 1.54) is 12.1 Å². The van der Waals surface area contributed by atoms with Crippen LogP contribution in [0.2, 0.25) is 0 Å². The average Bonchev–Trinajstić information content (AvgIpc) is 2.75. The predicted octanol–water partition coefficient (Wildman–Crippen LogP) is 2.29. The highest BCUT2D eigenvalue weighted by Crippen LogP contribution is 2.37. The monoisotopic (exact) mass is 282 g/mol. The number of benzene rings is 1. The highest BCUT2D eigenvalue weighted by molar-refractivity contribution is 7.99. The van der Waals surface area contributed by atoms with Crippen LogP contribution in [0.15, 0.2) is 29.2 Å². The highest BCUT2D eigenvalue weighted by Gasteiger charge is 2.43. The molecule has 104 valence electrons. The van der Waals surface area contributed by atoms with Crippen molar-refractivity contribution in [2.45, 2.75) is 36.1 Å². The topological polar surface area (TPSA) is 69.1 Å². The van der Waals surface area contributed by atoms with Crippen LogP contribution in [-0.2, 0) is 4.79 Å². The Balaban J connectivity index is 1.85. The predicted molar refractivity (Wildman–Crippen MR) is 75.2 cm³/mol. The number of amides is 1. The molecule has 2 unspecified atom stereocenters. The van der Waals surface area contributed by atoms with E-state index in [1.807, 2.05) is 0 Å². The van der Waals surface area contributed by atoms with Gasteiger partial charge < -0.3 is 11.5 Å². The number of rotatable bonds is 5. The molecule has 1 aliphatic rings. The summed E-state index contributed by atoms with van der Waals surface area (Å²) in [6, 6.07) is 6.43. The Labute approximate surface area is 116 Å². The second-order valence-corrected chi connectivity index (χ2v) is 6.25. The molecule has 2 rings (SSSR count). The molecule has 0 heterocycles. The molecule has 0 aliphatic heterocycles. The first-order chi connectivity index (χ1) is 9.02. The quantitative estimate of drug-likeness (QED) is 0.814. The first-order valence-electron chi connectivity index (χ1n) is 6.49. The van der Waals surface area contributed by atoms with Crippen molar-refractivity contribution in [1.29, 1.82) is 0 Å². The van der Waals surface area contributed by atoms with E-state index in [4.69, 9.17) is 11.5 Å². The van der Waals surface area contributed by atoms with Crippen molar-refractivity contribution >= 4 is 17.7 Å². The SMILES string of the molecule is NC(=O)C1(N)CCCC1CCSc1ccc(F)cc1. The van der Waals surface area contributed by atoms with Crippen LogP contribution in [0.1, 0.15) is 25.7 Å². The van der Waals surface area contributed by atoms with Crippen molar-refractivity contribution in [2.24, 2.45) is 17.4 Å². The summed E-state index contributed by atoms with van der Waals surface area (Å²) >= 11 is 1.65. The minimum Gasteiger partial charge on any atom is -0.368 e. The van der Waals surface area contributed by atoms with Gasteiger partial charge in [0.05, 0.1) is 5.54 Å². The van der Waals surface area contributed by atoms with Crippen LogP contribution in [0.25, 0.3) is 0 Å². The Bertz CT molecular complexity index is 451. The van der Waals surface area contributed by atoms with Gasteiger partial charge in [0.1, 0.15) is 5.82 Å². The number of hydrogen-bond acceptors (Lipinski definition) is 3. The van der Waals surface area contributed by atoms with Crippen LogP contribution in [-0.4, -0.2) is 17.2 Å². The fourth-order valence-corrected chi connectivity index (χ4v) is 3.65. The lowest BCUT2D eigenvalue weighted by Crippen LogP contribution is -2.54. The summed E-state index contributed by atoms with van der Waals surface area (Å²) in [6.45, 7) is 0. The number of primary amides is 1. The van der Waals surface area contributed by atoms with Crippen molar-refractivity contribution < 1.29 is 9.18 Å². The third kappa shape index (κ3) is 3.28. The first kappa shape index (κ1) is 14.3. The summed E-state index contributed by atoms with van der Waals surface area (Å²) in [5, 5.41) is 0. The molecule has 0 radical (unpaired) electrons. The number of carbonyl (C=O) groups excluding carboxylic acids is 1. The second kappa shape index (κ2) is 5.92. The van der Waals surface area contributed by atoms with Crippen LogP contribution in [0.5, 0.6) is 0 Å². The van der Waals surface area contributed by atoms with Gasteiger partial charge in [0, 0.05) is 4.90 Å².